The second kappa shape index (κ2) is 8.52. The number of nitrogens with one attached hydrogen (secondary N) is 1. The number of benzene rings is 1. The van der Waals surface area contributed by atoms with Crippen molar-refractivity contribution in [2.75, 3.05) is 12.9 Å². The number of aryl methyl sites for hydroxylation is 2. The van der Waals surface area contributed by atoms with Crippen molar-refractivity contribution >= 4 is 17.5 Å². The van der Waals surface area contributed by atoms with Crippen molar-refractivity contribution in [3.8, 4) is 5.75 Å². The van der Waals surface area contributed by atoms with Gasteiger partial charge in [0.05, 0.1) is 18.4 Å². The highest BCUT2D eigenvalue weighted by Crippen LogP contribution is 2.28. The number of thioether (sulfide) groups is 1. The van der Waals surface area contributed by atoms with Crippen LogP contribution in [-0.4, -0.2) is 33.8 Å². The minimum Gasteiger partial charge on any atom is -0.496 e. The first-order valence-electron chi connectivity index (χ1n) is 8.87. The Balaban J connectivity index is 1.53. The smallest absolute Gasteiger partial charge is 0.208 e. The van der Waals surface area contributed by atoms with E-state index in [1.807, 2.05) is 25.1 Å². The normalized spacial score (nSPS) is 14.8. The number of Topliss-reactive ketones (excluding diaryl/α,β-unsaturated/α-hetero) is 1. The minimum absolute atomic E-state index is 0.0304. The quantitative estimate of drug-likeness (QED) is 0.564. The largest absolute Gasteiger partial charge is 0.496 e. The molecule has 0 aliphatic heterocycles. The van der Waals surface area contributed by atoms with Crippen LogP contribution in [0.5, 0.6) is 5.75 Å². The van der Waals surface area contributed by atoms with E-state index in [-0.39, 0.29) is 5.78 Å². The Morgan fingerprint density at radius 3 is 2.92 bits per heavy atom. The van der Waals surface area contributed by atoms with Gasteiger partial charge in [0.15, 0.2) is 5.78 Å². The standard InChI is InChI=1S/C19H25N3O2S/c1-13-7-9-17(24-2)15(11-13)16(23)12-25-19-20-18(21-22-19)10-8-14-5-3-4-6-14/h7,9,11,14H,3-6,8,10,12H2,1-2H3,(H,20,21,22). The van der Waals surface area contributed by atoms with Gasteiger partial charge < -0.3 is 4.74 Å². The van der Waals surface area contributed by atoms with Crippen molar-refractivity contribution in [3.05, 3.63) is 35.2 Å². The van der Waals surface area contributed by atoms with Crippen LogP contribution >= 0.6 is 11.8 Å². The minimum atomic E-state index is 0.0304. The molecule has 1 N–H and O–H groups in total. The van der Waals surface area contributed by atoms with Gasteiger partial charge in [-0.3, -0.25) is 9.89 Å². The Bertz CT molecular complexity index is 723. The average molecular weight is 359 g/mol. The second-order valence-corrected chi connectivity index (χ2v) is 7.61. The number of aromatic nitrogens is 3. The first-order valence-corrected chi connectivity index (χ1v) is 9.86. The molecule has 2 aromatic rings. The van der Waals surface area contributed by atoms with E-state index in [9.17, 15) is 4.79 Å². The fourth-order valence-corrected chi connectivity index (χ4v) is 4.04. The fraction of sp³-hybridized carbons (Fsp3) is 0.526. The van der Waals surface area contributed by atoms with Crippen LogP contribution in [0.1, 0.15) is 53.8 Å². The molecule has 0 radical (unpaired) electrons. The number of methoxy groups -OCH3 is 1. The van der Waals surface area contributed by atoms with Crippen LogP contribution in [0, 0.1) is 12.8 Å². The predicted octanol–water partition coefficient (Wildman–Crippen LogP) is 4.22. The van der Waals surface area contributed by atoms with E-state index in [0.29, 0.717) is 22.2 Å². The lowest BCUT2D eigenvalue weighted by atomic mass is 10.0. The number of hydrogen-bond acceptors (Lipinski definition) is 5. The summed E-state index contributed by atoms with van der Waals surface area (Å²) in [6.45, 7) is 1.97. The molecule has 0 atom stereocenters. The summed E-state index contributed by atoms with van der Waals surface area (Å²) in [5.41, 5.74) is 1.66. The molecule has 134 valence electrons. The third-order valence-corrected chi connectivity index (χ3v) is 5.61. The van der Waals surface area contributed by atoms with Crippen LogP contribution in [-0.2, 0) is 6.42 Å². The Labute approximate surface area is 153 Å². The first kappa shape index (κ1) is 18.0. The molecule has 0 spiro atoms. The Morgan fingerprint density at radius 2 is 2.16 bits per heavy atom. The highest BCUT2D eigenvalue weighted by atomic mass is 32.2. The highest BCUT2D eigenvalue weighted by Gasteiger charge is 2.17. The monoisotopic (exact) mass is 359 g/mol. The number of ether oxygens (including phenoxy) is 1. The molecule has 1 fully saturated rings. The zero-order chi connectivity index (χ0) is 17.6. The first-order chi connectivity index (χ1) is 12.2. The lowest BCUT2D eigenvalue weighted by Crippen LogP contribution is -2.05. The van der Waals surface area contributed by atoms with Gasteiger partial charge in [0.1, 0.15) is 11.6 Å². The number of H-pyrrole nitrogens is 1. The summed E-state index contributed by atoms with van der Waals surface area (Å²) in [5, 5.41) is 7.88. The number of rotatable bonds is 8. The van der Waals surface area contributed by atoms with Gasteiger partial charge in [-0.1, -0.05) is 49.1 Å². The lowest BCUT2D eigenvalue weighted by molar-refractivity contribution is 0.101. The van der Waals surface area contributed by atoms with Crippen LogP contribution in [0.3, 0.4) is 0 Å². The van der Waals surface area contributed by atoms with Crippen molar-refractivity contribution in [1.29, 1.82) is 0 Å². The molecule has 6 heteroatoms. The van der Waals surface area contributed by atoms with Crippen LogP contribution < -0.4 is 4.74 Å². The van der Waals surface area contributed by atoms with Gasteiger partial charge in [-0.15, -0.1) is 5.10 Å². The van der Waals surface area contributed by atoms with Crippen molar-refractivity contribution < 1.29 is 9.53 Å². The molecule has 25 heavy (non-hydrogen) atoms. The molecule has 0 amide bonds. The summed E-state index contributed by atoms with van der Waals surface area (Å²) in [6, 6.07) is 5.64. The zero-order valence-corrected chi connectivity index (χ0v) is 15.7. The van der Waals surface area contributed by atoms with E-state index in [1.165, 1.54) is 43.9 Å². The summed E-state index contributed by atoms with van der Waals surface area (Å²) < 4.78 is 5.29. The molecule has 1 saturated carbocycles. The molecule has 1 aliphatic rings. The number of hydrogen-bond donors (Lipinski definition) is 1. The molecular weight excluding hydrogens is 334 g/mol. The Morgan fingerprint density at radius 1 is 1.36 bits per heavy atom. The summed E-state index contributed by atoms with van der Waals surface area (Å²) >= 11 is 1.37. The number of nitrogens with zero attached hydrogens (tertiary/aromatic N) is 2. The van der Waals surface area contributed by atoms with Crippen LogP contribution in [0.25, 0.3) is 0 Å². The molecule has 1 aliphatic carbocycles. The van der Waals surface area contributed by atoms with Crippen LogP contribution in [0.15, 0.2) is 23.4 Å². The maximum atomic E-state index is 12.5. The van der Waals surface area contributed by atoms with Crippen molar-refractivity contribution in [2.45, 2.75) is 50.6 Å². The molecule has 0 bridgehead atoms. The topological polar surface area (TPSA) is 67.9 Å². The van der Waals surface area contributed by atoms with Crippen LogP contribution in [0.2, 0.25) is 0 Å². The second-order valence-electron chi connectivity index (χ2n) is 6.67. The van der Waals surface area contributed by atoms with Crippen molar-refractivity contribution in [1.82, 2.24) is 15.2 Å². The number of ketones is 1. The van der Waals surface area contributed by atoms with E-state index in [2.05, 4.69) is 15.2 Å². The SMILES string of the molecule is COc1ccc(C)cc1C(=O)CSc1n[nH]c(CCC2CCCC2)n1. The van der Waals surface area contributed by atoms with Gasteiger partial charge in [0.2, 0.25) is 5.16 Å². The average Bonchev–Trinajstić information content (AvgIpc) is 3.29. The number of carbonyl (C=O) groups is 1. The van der Waals surface area contributed by atoms with E-state index in [1.54, 1.807) is 7.11 Å². The number of aromatic amines is 1. The Hall–Kier alpha value is -1.82. The van der Waals surface area contributed by atoms with Gasteiger partial charge in [-0.25, -0.2) is 4.98 Å². The van der Waals surface area contributed by atoms with Crippen molar-refractivity contribution in [3.63, 3.8) is 0 Å². The van der Waals surface area contributed by atoms with Gasteiger partial charge >= 0.3 is 0 Å². The van der Waals surface area contributed by atoms with E-state index in [4.69, 9.17) is 4.74 Å². The fourth-order valence-electron chi connectivity index (χ4n) is 3.34. The molecule has 5 nitrogen and oxygen atoms in total. The van der Waals surface area contributed by atoms with Gasteiger partial charge in [-0.05, 0) is 31.4 Å². The molecule has 0 unspecified atom stereocenters. The van der Waals surface area contributed by atoms with E-state index >= 15 is 0 Å². The summed E-state index contributed by atoms with van der Waals surface area (Å²) in [4.78, 5) is 17.0. The molecule has 3 rings (SSSR count). The summed E-state index contributed by atoms with van der Waals surface area (Å²) in [7, 11) is 1.58. The summed E-state index contributed by atoms with van der Waals surface area (Å²) in [6.07, 6.45) is 7.56. The zero-order valence-electron chi connectivity index (χ0n) is 14.9. The molecule has 1 heterocycles. The highest BCUT2D eigenvalue weighted by molar-refractivity contribution is 7.99. The third-order valence-electron chi connectivity index (χ3n) is 4.76. The third kappa shape index (κ3) is 4.84. The molecule has 1 aromatic carbocycles. The van der Waals surface area contributed by atoms with Gasteiger partial charge in [-0.2, -0.15) is 0 Å². The molecular formula is C19H25N3O2S. The van der Waals surface area contributed by atoms with Crippen molar-refractivity contribution in [2.24, 2.45) is 5.92 Å². The summed E-state index contributed by atoms with van der Waals surface area (Å²) in [5.74, 6) is 2.72. The maximum absolute atomic E-state index is 12.5. The Kier molecular flexibility index (Phi) is 6.13. The van der Waals surface area contributed by atoms with E-state index in [0.717, 1.165) is 23.7 Å². The lowest BCUT2D eigenvalue weighted by Gasteiger charge is -2.07. The van der Waals surface area contributed by atoms with Gasteiger partial charge in [0.25, 0.3) is 0 Å². The van der Waals surface area contributed by atoms with Gasteiger partial charge in [0, 0.05) is 6.42 Å². The predicted molar refractivity (Wildman–Crippen MR) is 99.4 cm³/mol. The maximum Gasteiger partial charge on any atom is 0.208 e. The number of carbonyl (C=O) groups excluding carboxylic acids is 1. The molecule has 1 aromatic heterocycles. The van der Waals surface area contributed by atoms with Crippen LogP contribution in [0.4, 0.5) is 0 Å². The molecule has 0 saturated heterocycles. The van der Waals surface area contributed by atoms with E-state index < -0.39 is 0 Å².